The number of aliphatic carboxylic acids is 1. The molecule has 0 radical (unpaired) electrons. The van der Waals surface area contributed by atoms with E-state index in [-0.39, 0.29) is 29.7 Å². The molecule has 2 aromatic carbocycles. The van der Waals surface area contributed by atoms with E-state index in [2.05, 4.69) is 20.6 Å². The van der Waals surface area contributed by atoms with Crippen LogP contribution in [0.1, 0.15) is 31.4 Å². The first-order chi connectivity index (χ1) is 15.7. The van der Waals surface area contributed by atoms with Gasteiger partial charge in [0.15, 0.2) is 11.6 Å². The average molecular weight is 456 g/mol. The van der Waals surface area contributed by atoms with Gasteiger partial charge in [0.05, 0.1) is 11.9 Å². The summed E-state index contributed by atoms with van der Waals surface area (Å²) in [7, 11) is 0. The zero-order valence-electron chi connectivity index (χ0n) is 18.5. The van der Waals surface area contributed by atoms with Crippen molar-refractivity contribution < 1.29 is 18.7 Å². The van der Waals surface area contributed by atoms with Crippen LogP contribution in [-0.2, 0) is 17.9 Å². The lowest BCUT2D eigenvalue weighted by Crippen LogP contribution is -2.37. The van der Waals surface area contributed by atoms with Gasteiger partial charge in [0.25, 0.3) is 0 Å². The van der Waals surface area contributed by atoms with E-state index in [1.54, 1.807) is 0 Å². The Labute approximate surface area is 191 Å². The largest absolute Gasteiger partial charge is 0.480 e. The molecule has 174 valence electrons. The fourth-order valence-electron chi connectivity index (χ4n) is 3.32. The molecule has 0 aliphatic rings. The lowest BCUT2D eigenvalue weighted by atomic mass is 10.0. The third kappa shape index (κ3) is 6.45. The zero-order chi connectivity index (χ0) is 24.0. The van der Waals surface area contributed by atoms with Gasteiger partial charge < -0.3 is 21.5 Å². The molecular weight excluding hydrogens is 428 g/mol. The monoisotopic (exact) mass is 455 g/mol. The summed E-state index contributed by atoms with van der Waals surface area (Å²) < 4.78 is 27.7. The first kappa shape index (κ1) is 24.1. The van der Waals surface area contributed by atoms with E-state index in [9.17, 15) is 18.7 Å². The number of carboxylic acids is 1. The number of benzene rings is 2. The molecule has 9 heteroatoms. The molecule has 0 saturated carbocycles. The maximum absolute atomic E-state index is 13.9. The number of nitrogens with one attached hydrogen (secondary N) is 2. The Balaban J connectivity index is 1.69. The molecule has 0 aliphatic heterocycles. The average Bonchev–Trinajstić information content (AvgIpc) is 2.77. The van der Waals surface area contributed by atoms with Crippen LogP contribution in [-0.4, -0.2) is 27.1 Å². The third-order valence-electron chi connectivity index (χ3n) is 5.10. The molecule has 3 aromatic rings. The molecule has 5 N–H and O–H groups in total. The minimum absolute atomic E-state index is 0.112. The van der Waals surface area contributed by atoms with Gasteiger partial charge in [-0.1, -0.05) is 44.2 Å². The number of nitrogens with zero attached hydrogens (tertiary/aromatic N) is 2. The molecule has 0 aliphatic carbocycles. The van der Waals surface area contributed by atoms with Crippen LogP contribution in [0, 0.1) is 17.6 Å². The van der Waals surface area contributed by atoms with Crippen molar-refractivity contribution >= 4 is 17.6 Å². The Morgan fingerprint density at radius 3 is 2.36 bits per heavy atom. The van der Waals surface area contributed by atoms with Crippen LogP contribution in [0.4, 0.5) is 20.4 Å². The van der Waals surface area contributed by atoms with Gasteiger partial charge in [-0.05, 0) is 30.0 Å². The summed E-state index contributed by atoms with van der Waals surface area (Å²) >= 11 is 0. The summed E-state index contributed by atoms with van der Waals surface area (Å²) in [6.07, 6.45) is 2.06. The van der Waals surface area contributed by atoms with Gasteiger partial charge >= 0.3 is 5.97 Å². The fourth-order valence-corrected chi connectivity index (χ4v) is 3.32. The molecule has 3 rings (SSSR count). The summed E-state index contributed by atoms with van der Waals surface area (Å²) in [5.41, 5.74) is 7.99. The second kappa shape index (κ2) is 10.8. The highest BCUT2D eigenvalue weighted by Crippen LogP contribution is 2.23. The van der Waals surface area contributed by atoms with Crippen LogP contribution in [0.5, 0.6) is 0 Å². The molecule has 0 fully saturated rings. The summed E-state index contributed by atoms with van der Waals surface area (Å²) in [6.45, 7) is 4.25. The molecule has 7 nitrogen and oxygen atoms in total. The molecule has 1 heterocycles. The predicted octanol–water partition coefficient (Wildman–Crippen LogP) is 4.21. The van der Waals surface area contributed by atoms with E-state index in [0.29, 0.717) is 18.7 Å². The van der Waals surface area contributed by atoms with Crippen molar-refractivity contribution in [1.82, 2.24) is 15.3 Å². The van der Waals surface area contributed by atoms with E-state index in [0.717, 1.165) is 11.1 Å². The molecular formula is C24H27F2N5O2. The smallest absolute Gasteiger partial charge is 0.320 e. The van der Waals surface area contributed by atoms with Crippen LogP contribution >= 0.6 is 0 Å². The predicted molar refractivity (Wildman–Crippen MR) is 123 cm³/mol. The van der Waals surface area contributed by atoms with E-state index < -0.39 is 23.6 Å². The highest BCUT2D eigenvalue weighted by Gasteiger charge is 2.18. The molecule has 1 atom stereocenters. The van der Waals surface area contributed by atoms with Crippen molar-refractivity contribution in [2.75, 3.05) is 11.1 Å². The molecule has 0 unspecified atom stereocenters. The molecule has 0 bridgehead atoms. The number of hydrogen-bond acceptors (Lipinski definition) is 6. The molecule has 0 amide bonds. The van der Waals surface area contributed by atoms with Crippen molar-refractivity contribution in [3.63, 3.8) is 0 Å². The number of anilines is 2. The lowest BCUT2D eigenvalue weighted by Gasteiger charge is -2.16. The van der Waals surface area contributed by atoms with Gasteiger partial charge in [-0.15, -0.1) is 0 Å². The topological polar surface area (TPSA) is 113 Å². The maximum Gasteiger partial charge on any atom is 0.320 e. The number of hydrogen-bond donors (Lipinski definition) is 4. The van der Waals surface area contributed by atoms with Crippen molar-refractivity contribution in [2.45, 2.75) is 39.4 Å². The molecule has 0 saturated heterocycles. The van der Waals surface area contributed by atoms with Crippen LogP contribution in [0.3, 0.4) is 0 Å². The number of halogens is 2. The molecule has 0 spiro atoms. The van der Waals surface area contributed by atoms with Crippen molar-refractivity contribution in [1.29, 1.82) is 0 Å². The van der Waals surface area contributed by atoms with Crippen LogP contribution in [0.2, 0.25) is 0 Å². The Morgan fingerprint density at radius 2 is 1.76 bits per heavy atom. The van der Waals surface area contributed by atoms with Crippen LogP contribution in [0.25, 0.3) is 11.3 Å². The second-order valence-corrected chi connectivity index (χ2v) is 8.14. The number of nitrogen functional groups attached to an aromatic ring is 1. The lowest BCUT2D eigenvalue weighted by molar-refractivity contribution is -0.140. The van der Waals surface area contributed by atoms with Gasteiger partial charge in [-0.2, -0.15) is 0 Å². The standard InChI is InChI=1S/C24H27F2N5O2/c1-14(2)10-20(24(32)33)28-11-15-6-8-16(9-7-15)21-13-29-22(27)23(31-21)30-12-17-18(25)4-3-5-19(17)26/h3-9,13-14,20,28H,10-12H2,1-2H3,(H2,27,29)(H,30,31)(H,32,33)/t20-/m0/s1. The Hall–Kier alpha value is -3.59. The van der Waals surface area contributed by atoms with Gasteiger partial charge in [0.2, 0.25) is 0 Å². The second-order valence-electron chi connectivity index (χ2n) is 8.14. The van der Waals surface area contributed by atoms with Gasteiger partial charge in [0.1, 0.15) is 17.7 Å². The highest BCUT2D eigenvalue weighted by atomic mass is 19.1. The number of rotatable bonds is 10. The van der Waals surface area contributed by atoms with E-state index in [1.165, 1.54) is 24.4 Å². The summed E-state index contributed by atoms with van der Waals surface area (Å²) in [5.74, 6) is -1.59. The number of carboxylic acid groups (broad SMARTS) is 1. The summed E-state index contributed by atoms with van der Waals surface area (Å²) in [5, 5.41) is 15.3. The number of aromatic nitrogens is 2. The SMILES string of the molecule is CC(C)C[C@H](NCc1ccc(-c2cnc(N)c(NCc3c(F)cccc3F)n2)cc1)C(=O)O. The van der Waals surface area contributed by atoms with Crippen LogP contribution < -0.4 is 16.4 Å². The van der Waals surface area contributed by atoms with Gasteiger partial charge in [-0.3, -0.25) is 4.79 Å². The molecule has 33 heavy (non-hydrogen) atoms. The van der Waals surface area contributed by atoms with E-state index >= 15 is 0 Å². The number of carbonyl (C=O) groups is 1. The van der Waals surface area contributed by atoms with Crippen molar-refractivity contribution in [3.05, 3.63) is 71.4 Å². The maximum atomic E-state index is 13.9. The van der Waals surface area contributed by atoms with E-state index in [1.807, 2.05) is 38.1 Å². The quantitative estimate of drug-likeness (QED) is 0.362. The fraction of sp³-hybridized carbons (Fsp3) is 0.292. The Bertz CT molecular complexity index is 1090. The molecule has 1 aromatic heterocycles. The van der Waals surface area contributed by atoms with Crippen LogP contribution in [0.15, 0.2) is 48.7 Å². The van der Waals surface area contributed by atoms with E-state index in [4.69, 9.17) is 5.73 Å². The Kier molecular flexibility index (Phi) is 7.89. The summed E-state index contributed by atoms with van der Waals surface area (Å²) in [6, 6.07) is 10.5. The first-order valence-electron chi connectivity index (χ1n) is 10.6. The Morgan fingerprint density at radius 1 is 1.09 bits per heavy atom. The minimum Gasteiger partial charge on any atom is -0.480 e. The third-order valence-corrected chi connectivity index (χ3v) is 5.10. The normalized spacial score (nSPS) is 12.0. The zero-order valence-corrected chi connectivity index (χ0v) is 18.5. The first-order valence-corrected chi connectivity index (χ1v) is 10.6. The van der Waals surface area contributed by atoms with Gasteiger partial charge in [0, 0.05) is 24.2 Å². The number of nitrogens with two attached hydrogens (primary N) is 1. The minimum atomic E-state index is -0.868. The van der Waals surface area contributed by atoms with Gasteiger partial charge in [-0.25, -0.2) is 18.7 Å². The highest BCUT2D eigenvalue weighted by molar-refractivity contribution is 5.73. The summed E-state index contributed by atoms with van der Waals surface area (Å²) in [4.78, 5) is 20.0. The van der Waals surface area contributed by atoms with Crippen molar-refractivity contribution in [3.8, 4) is 11.3 Å². The van der Waals surface area contributed by atoms with Crippen molar-refractivity contribution in [2.24, 2.45) is 5.92 Å².